The zero-order valence-electron chi connectivity index (χ0n) is 23.6. The Morgan fingerprint density at radius 2 is 1.29 bits per heavy atom. The molecule has 2 N–H and O–H groups in total. The van der Waals surface area contributed by atoms with Crippen molar-refractivity contribution in [1.82, 2.24) is 0 Å². The highest BCUT2D eigenvalue weighted by atomic mass is 16.5. The summed E-state index contributed by atoms with van der Waals surface area (Å²) in [6.45, 7) is 1.56. The van der Waals surface area contributed by atoms with Gasteiger partial charge in [0, 0.05) is 0 Å². The Hall–Kier alpha value is -4.34. The molecule has 3 aromatic rings. The van der Waals surface area contributed by atoms with Crippen molar-refractivity contribution in [2.45, 2.75) is 38.9 Å². The lowest BCUT2D eigenvalue weighted by Gasteiger charge is -2.17. The van der Waals surface area contributed by atoms with Crippen molar-refractivity contribution in [2.24, 2.45) is 11.7 Å². The number of ether oxygens (including phenoxy) is 2. The van der Waals surface area contributed by atoms with Gasteiger partial charge in [-0.25, -0.2) is 0 Å². The Morgan fingerprint density at radius 3 is 1.95 bits per heavy atom. The third kappa shape index (κ3) is 8.33. The minimum Gasteiger partial charge on any atom is -0.485 e. The molecule has 1 atom stereocenters. The molecule has 0 saturated carbocycles. The van der Waals surface area contributed by atoms with E-state index in [1.165, 1.54) is 22.3 Å². The molecule has 41 heavy (non-hydrogen) atoms. The van der Waals surface area contributed by atoms with Gasteiger partial charge in [-0.15, -0.1) is 0 Å². The molecule has 3 heteroatoms. The maximum Gasteiger partial charge on any atom is 0.161 e. The second kappa shape index (κ2) is 14.9. The summed E-state index contributed by atoms with van der Waals surface area (Å²) in [7, 11) is 0. The fourth-order valence-corrected chi connectivity index (χ4v) is 5.19. The van der Waals surface area contributed by atoms with Crippen LogP contribution in [0.5, 0.6) is 0 Å². The van der Waals surface area contributed by atoms with Crippen LogP contribution in [-0.4, -0.2) is 6.54 Å². The van der Waals surface area contributed by atoms with E-state index in [0.29, 0.717) is 19.8 Å². The van der Waals surface area contributed by atoms with Crippen molar-refractivity contribution in [3.63, 3.8) is 0 Å². The van der Waals surface area contributed by atoms with E-state index >= 15 is 0 Å². The Balaban J connectivity index is 1.31. The van der Waals surface area contributed by atoms with Gasteiger partial charge >= 0.3 is 0 Å². The van der Waals surface area contributed by atoms with E-state index in [1.807, 2.05) is 36.4 Å². The van der Waals surface area contributed by atoms with E-state index in [2.05, 4.69) is 97.1 Å². The summed E-state index contributed by atoms with van der Waals surface area (Å²) < 4.78 is 12.7. The van der Waals surface area contributed by atoms with E-state index in [0.717, 1.165) is 48.3 Å². The third-order valence-corrected chi connectivity index (χ3v) is 7.47. The predicted molar refractivity (Wildman–Crippen MR) is 169 cm³/mol. The molecule has 3 aromatic carbocycles. The van der Waals surface area contributed by atoms with Crippen LogP contribution in [0.2, 0.25) is 0 Å². The third-order valence-electron chi connectivity index (χ3n) is 7.47. The standard InChI is InChI=1S/C38H39NO2/c39-26-25-36-27-38(41-29-32-13-6-2-7-14-32)37(40-28-31-11-4-1-5-12-31)24-23-35(36)22-20-30-15-10-18-34(21-19-30)33-16-8-3-9-17-33/h1-9,11-19,21,23-24,27,35H,10,20,22,25-26,28-29,39H2. The summed E-state index contributed by atoms with van der Waals surface area (Å²) in [5.41, 5.74) is 13.5. The number of nitrogens with two attached hydrogens (primary N) is 1. The minimum absolute atomic E-state index is 0.255. The largest absolute Gasteiger partial charge is 0.485 e. The fraction of sp³-hybridized carbons (Fsp3) is 0.211. The van der Waals surface area contributed by atoms with Crippen molar-refractivity contribution >= 4 is 5.57 Å². The summed E-state index contributed by atoms with van der Waals surface area (Å²) in [5.74, 6) is 1.77. The maximum atomic E-state index is 6.40. The van der Waals surface area contributed by atoms with Crippen molar-refractivity contribution < 1.29 is 9.47 Å². The van der Waals surface area contributed by atoms with Gasteiger partial charge in [0.25, 0.3) is 0 Å². The van der Waals surface area contributed by atoms with E-state index in [-0.39, 0.29) is 5.92 Å². The number of benzene rings is 3. The lowest BCUT2D eigenvalue weighted by Crippen LogP contribution is -2.08. The fourth-order valence-electron chi connectivity index (χ4n) is 5.19. The maximum absolute atomic E-state index is 6.40. The first-order valence-corrected chi connectivity index (χ1v) is 14.6. The van der Waals surface area contributed by atoms with Gasteiger partial charge in [0.15, 0.2) is 11.5 Å². The Kier molecular flexibility index (Phi) is 10.2. The van der Waals surface area contributed by atoms with Gasteiger partial charge in [-0.1, -0.05) is 133 Å². The molecule has 0 aliphatic heterocycles. The molecule has 0 bridgehead atoms. The molecule has 0 heterocycles. The van der Waals surface area contributed by atoms with Gasteiger partial charge in [-0.3, -0.25) is 0 Å². The highest BCUT2D eigenvalue weighted by Crippen LogP contribution is 2.32. The van der Waals surface area contributed by atoms with E-state index in [1.54, 1.807) is 0 Å². The quantitative estimate of drug-likeness (QED) is 0.249. The number of allylic oxidation sites excluding steroid dienone is 9. The van der Waals surface area contributed by atoms with Crippen LogP contribution in [0, 0.1) is 5.92 Å². The van der Waals surface area contributed by atoms with Gasteiger partial charge in [0.05, 0.1) is 0 Å². The smallest absolute Gasteiger partial charge is 0.161 e. The first kappa shape index (κ1) is 28.2. The molecule has 0 radical (unpaired) electrons. The SMILES string of the molecule is NCCC1=CC(OCc2ccccc2)=C(OCc2ccccc2)C=CC1CCC1=CCC=C(c2ccccc2)C=C1. The average molecular weight is 542 g/mol. The number of rotatable bonds is 12. The summed E-state index contributed by atoms with van der Waals surface area (Å²) in [4.78, 5) is 0. The molecule has 0 amide bonds. The molecular weight excluding hydrogens is 502 g/mol. The summed E-state index contributed by atoms with van der Waals surface area (Å²) in [5, 5.41) is 0. The lowest BCUT2D eigenvalue weighted by molar-refractivity contribution is 0.155. The second-order valence-electron chi connectivity index (χ2n) is 10.4. The Labute approximate surface area is 244 Å². The van der Waals surface area contributed by atoms with Crippen molar-refractivity contribution in [1.29, 1.82) is 0 Å². The summed E-state index contributed by atoms with van der Waals surface area (Å²) in [6.07, 6.45) is 19.5. The predicted octanol–water partition coefficient (Wildman–Crippen LogP) is 8.84. The van der Waals surface area contributed by atoms with Crippen LogP contribution >= 0.6 is 0 Å². The highest BCUT2D eigenvalue weighted by Gasteiger charge is 2.19. The molecule has 5 rings (SSSR count). The van der Waals surface area contributed by atoms with Gasteiger partial charge in [0.2, 0.25) is 0 Å². The van der Waals surface area contributed by atoms with Crippen molar-refractivity contribution in [3.8, 4) is 0 Å². The van der Waals surface area contributed by atoms with Gasteiger partial charge in [0.1, 0.15) is 13.2 Å². The highest BCUT2D eigenvalue weighted by molar-refractivity contribution is 5.75. The molecule has 2 aliphatic carbocycles. The molecule has 2 aliphatic rings. The molecule has 1 unspecified atom stereocenters. The molecular formula is C38H39NO2. The van der Waals surface area contributed by atoms with Crippen LogP contribution in [0.4, 0.5) is 0 Å². The van der Waals surface area contributed by atoms with Crippen LogP contribution in [0.25, 0.3) is 5.57 Å². The van der Waals surface area contributed by atoms with Gasteiger partial charge < -0.3 is 15.2 Å². The normalized spacial score (nSPS) is 16.8. The first-order chi connectivity index (χ1) is 20.3. The molecule has 0 aromatic heterocycles. The molecule has 208 valence electrons. The zero-order chi connectivity index (χ0) is 28.1. The van der Waals surface area contributed by atoms with Gasteiger partial charge in [-0.05, 0) is 72.6 Å². The van der Waals surface area contributed by atoms with Crippen LogP contribution in [0.3, 0.4) is 0 Å². The molecule has 0 saturated heterocycles. The monoisotopic (exact) mass is 541 g/mol. The average Bonchev–Trinajstić information content (AvgIpc) is 3.36. The Bertz CT molecular complexity index is 1440. The first-order valence-electron chi connectivity index (χ1n) is 14.6. The van der Waals surface area contributed by atoms with Crippen molar-refractivity contribution in [2.75, 3.05) is 6.54 Å². The minimum atomic E-state index is 0.255. The van der Waals surface area contributed by atoms with E-state index in [4.69, 9.17) is 15.2 Å². The van der Waals surface area contributed by atoms with Gasteiger partial charge in [-0.2, -0.15) is 0 Å². The topological polar surface area (TPSA) is 44.5 Å². The lowest BCUT2D eigenvalue weighted by atomic mass is 9.89. The summed E-state index contributed by atoms with van der Waals surface area (Å²) >= 11 is 0. The zero-order valence-corrected chi connectivity index (χ0v) is 23.6. The number of hydrogen-bond donors (Lipinski definition) is 1. The van der Waals surface area contributed by atoms with Crippen LogP contribution in [0.1, 0.15) is 42.4 Å². The molecule has 0 fully saturated rings. The number of hydrogen-bond acceptors (Lipinski definition) is 3. The van der Waals surface area contributed by atoms with E-state index in [9.17, 15) is 0 Å². The Morgan fingerprint density at radius 1 is 0.659 bits per heavy atom. The van der Waals surface area contributed by atoms with E-state index < -0.39 is 0 Å². The summed E-state index contributed by atoms with van der Waals surface area (Å²) in [6, 6.07) is 31.1. The molecule has 0 spiro atoms. The molecule has 3 nitrogen and oxygen atoms in total. The van der Waals surface area contributed by atoms with Crippen molar-refractivity contribution in [3.05, 3.63) is 173 Å². The second-order valence-corrected chi connectivity index (χ2v) is 10.4. The van der Waals surface area contributed by atoms with Crippen LogP contribution in [0.15, 0.2) is 156 Å². The van der Waals surface area contributed by atoms with Crippen LogP contribution < -0.4 is 5.73 Å². The van der Waals surface area contributed by atoms with Crippen LogP contribution in [-0.2, 0) is 22.7 Å².